The molecule has 2 atom stereocenters. The molecule has 2 aliphatic heterocycles. The zero-order valence-corrected chi connectivity index (χ0v) is 17.0. The van der Waals surface area contributed by atoms with Gasteiger partial charge in [-0.3, -0.25) is 4.79 Å². The zero-order valence-electron chi connectivity index (χ0n) is 17.0. The van der Waals surface area contributed by atoms with Crippen LogP contribution in [0.25, 0.3) is 0 Å². The first-order valence-corrected chi connectivity index (χ1v) is 10.7. The summed E-state index contributed by atoms with van der Waals surface area (Å²) in [6.45, 7) is 4.19. The molecular formula is C23H35NO3. The number of ether oxygens (including phenoxy) is 2. The van der Waals surface area contributed by atoms with E-state index in [0.29, 0.717) is 12.5 Å². The highest BCUT2D eigenvalue weighted by atomic mass is 16.5. The Bertz CT molecular complexity index is 605. The Kier molecular flexibility index (Phi) is 7.57. The maximum atomic E-state index is 11.6. The molecule has 27 heavy (non-hydrogen) atoms. The molecule has 1 aromatic carbocycles. The molecule has 0 aromatic heterocycles. The van der Waals surface area contributed by atoms with Crippen molar-refractivity contribution in [2.24, 2.45) is 11.8 Å². The van der Waals surface area contributed by atoms with Crippen LogP contribution in [0.3, 0.4) is 0 Å². The van der Waals surface area contributed by atoms with Crippen molar-refractivity contribution in [3.63, 3.8) is 0 Å². The number of aryl methyl sites for hydroxylation is 1. The highest BCUT2D eigenvalue weighted by molar-refractivity contribution is 5.72. The Morgan fingerprint density at radius 1 is 1.22 bits per heavy atom. The lowest BCUT2D eigenvalue weighted by atomic mass is 9.88. The second-order valence-electron chi connectivity index (χ2n) is 8.34. The summed E-state index contributed by atoms with van der Waals surface area (Å²) < 4.78 is 11.1. The molecule has 0 radical (unpaired) electrons. The highest BCUT2D eigenvalue weighted by Gasteiger charge is 2.25. The lowest BCUT2D eigenvalue weighted by Crippen LogP contribution is -2.32. The van der Waals surface area contributed by atoms with E-state index >= 15 is 0 Å². The van der Waals surface area contributed by atoms with Gasteiger partial charge in [0.05, 0.1) is 19.1 Å². The van der Waals surface area contributed by atoms with Crippen molar-refractivity contribution in [1.29, 1.82) is 0 Å². The van der Waals surface area contributed by atoms with Gasteiger partial charge < -0.3 is 14.8 Å². The summed E-state index contributed by atoms with van der Waals surface area (Å²) in [6.07, 6.45) is 11.5. The number of benzene rings is 1. The van der Waals surface area contributed by atoms with E-state index in [1.54, 1.807) is 0 Å². The molecule has 4 nitrogen and oxygen atoms in total. The first kappa shape index (κ1) is 20.2. The summed E-state index contributed by atoms with van der Waals surface area (Å²) in [6, 6.07) is 6.41. The van der Waals surface area contributed by atoms with Crippen LogP contribution in [0, 0.1) is 11.8 Å². The normalized spacial score (nSPS) is 22.5. The molecule has 4 heteroatoms. The second-order valence-corrected chi connectivity index (χ2v) is 8.34. The SMILES string of the molecule is C1CC1.COC(=O)C(C)Cc1ccc2c(c1)OC(CC1CCNCC1)CC2. The molecule has 150 valence electrons. The molecule has 2 heterocycles. The van der Waals surface area contributed by atoms with Gasteiger partial charge >= 0.3 is 5.97 Å². The van der Waals surface area contributed by atoms with E-state index < -0.39 is 0 Å². The number of carbonyl (C=O) groups is 1. The van der Waals surface area contributed by atoms with Gasteiger partial charge in [0.1, 0.15) is 5.75 Å². The fourth-order valence-corrected chi connectivity index (χ4v) is 3.89. The number of hydrogen-bond acceptors (Lipinski definition) is 4. The Morgan fingerprint density at radius 3 is 2.63 bits per heavy atom. The number of methoxy groups -OCH3 is 1. The molecule has 3 aliphatic rings. The smallest absolute Gasteiger partial charge is 0.308 e. The minimum Gasteiger partial charge on any atom is -0.490 e. The molecule has 1 saturated carbocycles. The van der Waals surface area contributed by atoms with Gasteiger partial charge in [-0.25, -0.2) is 0 Å². The predicted octanol–water partition coefficient (Wildman–Crippen LogP) is 4.29. The Labute approximate surface area is 164 Å². The third kappa shape index (κ3) is 6.53. The van der Waals surface area contributed by atoms with Crippen molar-refractivity contribution in [2.45, 2.75) is 70.8 Å². The average molecular weight is 374 g/mol. The van der Waals surface area contributed by atoms with Crippen LogP contribution in [0.15, 0.2) is 18.2 Å². The first-order chi connectivity index (χ1) is 13.2. The van der Waals surface area contributed by atoms with Crippen LogP contribution in [0.2, 0.25) is 0 Å². The van der Waals surface area contributed by atoms with E-state index in [1.165, 1.54) is 51.2 Å². The molecule has 1 aliphatic carbocycles. The van der Waals surface area contributed by atoms with E-state index in [9.17, 15) is 4.79 Å². The van der Waals surface area contributed by atoms with Crippen molar-refractivity contribution in [1.82, 2.24) is 5.32 Å². The fourth-order valence-electron chi connectivity index (χ4n) is 3.89. The van der Waals surface area contributed by atoms with Crippen LogP contribution in [0.5, 0.6) is 5.75 Å². The van der Waals surface area contributed by atoms with E-state index in [1.807, 2.05) is 6.92 Å². The fraction of sp³-hybridized carbons (Fsp3) is 0.696. The lowest BCUT2D eigenvalue weighted by molar-refractivity contribution is -0.144. The van der Waals surface area contributed by atoms with Crippen LogP contribution in [-0.2, 0) is 22.4 Å². The molecule has 1 N–H and O–H groups in total. The Morgan fingerprint density at radius 2 is 1.96 bits per heavy atom. The number of nitrogens with one attached hydrogen (secondary N) is 1. The summed E-state index contributed by atoms with van der Waals surface area (Å²) in [4.78, 5) is 11.6. The summed E-state index contributed by atoms with van der Waals surface area (Å²) in [5.74, 6) is 1.54. The number of carbonyl (C=O) groups excluding carboxylic acids is 1. The van der Waals surface area contributed by atoms with Crippen molar-refractivity contribution in [2.75, 3.05) is 20.2 Å². The van der Waals surface area contributed by atoms with Crippen LogP contribution in [-0.4, -0.2) is 32.3 Å². The third-order valence-corrected chi connectivity index (χ3v) is 5.71. The van der Waals surface area contributed by atoms with Crippen molar-refractivity contribution >= 4 is 5.97 Å². The monoisotopic (exact) mass is 373 g/mol. The topological polar surface area (TPSA) is 47.6 Å². The predicted molar refractivity (Wildman–Crippen MR) is 108 cm³/mol. The van der Waals surface area contributed by atoms with Crippen LogP contribution in [0.1, 0.15) is 63.0 Å². The molecule has 0 bridgehead atoms. The summed E-state index contributed by atoms with van der Waals surface area (Å²) in [5.41, 5.74) is 2.44. The molecule has 4 rings (SSSR count). The minimum atomic E-state index is -0.155. The second kappa shape index (κ2) is 10.1. The summed E-state index contributed by atoms with van der Waals surface area (Å²) in [5, 5.41) is 3.43. The van der Waals surface area contributed by atoms with E-state index in [2.05, 4.69) is 23.5 Å². The number of hydrogen-bond donors (Lipinski definition) is 1. The van der Waals surface area contributed by atoms with E-state index in [0.717, 1.165) is 43.2 Å². The van der Waals surface area contributed by atoms with Gasteiger partial charge in [0.25, 0.3) is 0 Å². The van der Waals surface area contributed by atoms with Crippen molar-refractivity contribution in [3.8, 4) is 5.75 Å². The van der Waals surface area contributed by atoms with Gasteiger partial charge in [-0.2, -0.15) is 0 Å². The molecular weight excluding hydrogens is 338 g/mol. The van der Waals surface area contributed by atoms with Gasteiger partial charge in [-0.05, 0) is 74.7 Å². The van der Waals surface area contributed by atoms with Gasteiger partial charge in [0.15, 0.2) is 0 Å². The first-order valence-electron chi connectivity index (χ1n) is 10.7. The Hall–Kier alpha value is -1.55. The number of fused-ring (bicyclic) bond motifs is 1. The van der Waals surface area contributed by atoms with E-state index in [4.69, 9.17) is 9.47 Å². The summed E-state index contributed by atoms with van der Waals surface area (Å²) in [7, 11) is 1.44. The number of rotatable bonds is 5. The van der Waals surface area contributed by atoms with Crippen molar-refractivity contribution in [3.05, 3.63) is 29.3 Å². The zero-order chi connectivity index (χ0) is 19.1. The Balaban J connectivity index is 0.000000637. The number of esters is 1. The van der Waals surface area contributed by atoms with Crippen molar-refractivity contribution < 1.29 is 14.3 Å². The van der Waals surface area contributed by atoms with Gasteiger partial charge in [-0.1, -0.05) is 38.3 Å². The standard InChI is InChI=1S/C20H29NO3.C3H6/c1-14(20(22)23-2)11-16-3-4-17-5-6-18(24-19(17)13-16)12-15-7-9-21-10-8-15;1-2-3-1/h3-4,13-15,18,21H,5-12H2,1-2H3;1-3H2. The highest BCUT2D eigenvalue weighted by Crippen LogP contribution is 2.32. The average Bonchev–Trinajstić information content (AvgIpc) is 3.57. The molecule has 1 aromatic rings. The van der Waals surface area contributed by atoms with Gasteiger partial charge in [0.2, 0.25) is 0 Å². The van der Waals surface area contributed by atoms with Gasteiger partial charge in [-0.15, -0.1) is 0 Å². The molecule has 2 fully saturated rings. The van der Waals surface area contributed by atoms with Gasteiger partial charge in [0, 0.05) is 0 Å². The lowest BCUT2D eigenvalue weighted by Gasteiger charge is -2.31. The summed E-state index contributed by atoms with van der Waals surface area (Å²) >= 11 is 0. The molecule has 2 unspecified atom stereocenters. The largest absolute Gasteiger partial charge is 0.490 e. The molecule has 1 saturated heterocycles. The maximum absolute atomic E-state index is 11.6. The quantitative estimate of drug-likeness (QED) is 0.782. The molecule has 0 spiro atoms. The van der Waals surface area contributed by atoms with Crippen LogP contribution in [0.4, 0.5) is 0 Å². The van der Waals surface area contributed by atoms with Crippen LogP contribution >= 0.6 is 0 Å². The van der Waals surface area contributed by atoms with E-state index in [-0.39, 0.29) is 11.9 Å². The minimum absolute atomic E-state index is 0.123. The van der Waals surface area contributed by atoms with Crippen LogP contribution < -0.4 is 10.1 Å². The number of piperidine rings is 1. The third-order valence-electron chi connectivity index (χ3n) is 5.71. The maximum Gasteiger partial charge on any atom is 0.308 e. The molecule has 0 amide bonds.